The summed E-state index contributed by atoms with van der Waals surface area (Å²) in [5.74, 6) is 0. The summed E-state index contributed by atoms with van der Waals surface area (Å²) >= 11 is 0. The molecule has 0 unspecified atom stereocenters. The standard InChI is InChI=1S/C13H29N3O/c1-2-3-4-5-6-8-11-15-13(17)16-12-9-7-10-14/h2-12,14H2,1H3,(H2,15,16,17). The maximum absolute atomic E-state index is 11.3. The molecule has 0 atom stereocenters. The molecule has 0 spiro atoms. The zero-order valence-electron chi connectivity index (χ0n) is 11.3. The van der Waals surface area contributed by atoms with Gasteiger partial charge in [-0.2, -0.15) is 0 Å². The fourth-order valence-corrected chi connectivity index (χ4v) is 1.64. The van der Waals surface area contributed by atoms with E-state index in [2.05, 4.69) is 17.6 Å². The molecule has 0 aromatic rings. The molecular formula is C13H29N3O. The molecule has 0 aliphatic heterocycles. The van der Waals surface area contributed by atoms with Crippen molar-refractivity contribution in [3.63, 3.8) is 0 Å². The summed E-state index contributed by atoms with van der Waals surface area (Å²) in [6.07, 6.45) is 9.44. The first-order valence-corrected chi connectivity index (χ1v) is 7.03. The van der Waals surface area contributed by atoms with E-state index in [1.54, 1.807) is 0 Å². The Kier molecular flexibility index (Phi) is 12.7. The van der Waals surface area contributed by atoms with E-state index in [-0.39, 0.29) is 6.03 Å². The summed E-state index contributed by atoms with van der Waals surface area (Å²) in [5, 5.41) is 5.69. The van der Waals surface area contributed by atoms with E-state index in [9.17, 15) is 4.79 Å². The molecule has 0 fully saturated rings. The van der Waals surface area contributed by atoms with Gasteiger partial charge in [0.05, 0.1) is 0 Å². The average molecular weight is 243 g/mol. The Morgan fingerprint density at radius 1 is 0.882 bits per heavy atom. The van der Waals surface area contributed by atoms with Crippen molar-refractivity contribution in [2.45, 2.75) is 58.3 Å². The van der Waals surface area contributed by atoms with E-state index in [1.807, 2.05) is 0 Å². The van der Waals surface area contributed by atoms with Crippen molar-refractivity contribution < 1.29 is 4.79 Å². The Balaban J connectivity index is 3.11. The van der Waals surface area contributed by atoms with Gasteiger partial charge in [-0.05, 0) is 25.8 Å². The minimum absolute atomic E-state index is 0.0458. The molecular weight excluding hydrogens is 214 g/mol. The van der Waals surface area contributed by atoms with Crippen LogP contribution < -0.4 is 16.4 Å². The topological polar surface area (TPSA) is 67.2 Å². The zero-order valence-corrected chi connectivity index (χ0v) is 11.3. The molecule has 0 aliphatic carbocycles. The molecule has 2 amide bonds. The largest absolute Gasteiger partial charge is 0.338 e. The van der Waals surface area contributed by atoms with Crippen LogP contribution in [0, 0.1) is 0 Å². The number of nitrogens with two attached hydrogens (primary N) is 1. The lowest BCUT2D eigenvalue weighted by molar-refractivity contribution is 0.240. The molecule has 0 aliphatic rings. The zero-order chi connectivity index (χ0) is 12.8. The van der Waals surface area contributed by atoms with Crippen LogP contribution in [0.2, 0.25) is 0 Å². The molecule has 0 aromatic heterocycles. The van der Waals surface area contributed by atoms with E-state index < -0.39 is 0 Å². The fourth-order valence-electron chi connectivity index (χ4n) is 1.64. The van der Waals surface area contributed by atoms with Gasteiger partial charge in [0.2, 0.25) is 0 Å². The maximum Gasteiger partial charge on any atom is 0.314 e. The number of rotatable bonds is 11. The summed E-state index contributed by atoms with van der Waals surface area (Å²) in [6.45, 7) is 4.42. The van der Waals surface area contributed by atoms with Crippen molar-refractivity contribution in [3.05, 3.63) is 0 Å². The van der Waals surface area contributed by atoms with Crippen molar-refractivity contribution in [1.82, 2.24) is 10.6 Å². The maximum atomic E-state index is 11.3. The highest BCUT2D eigenvalue weighted by molar-refractivity contribution is 5.73. The van der Waals surface area contributed by atoms with Gasteiger partial charge in [-0.3, -0.25) is 0 Å². The predicted octanol–water partition coefficient (Wildman–Crippen LogP) is 2.39. The Hall–Kier alpha value is -0.770. The summed E-state index contributed by atoms with van der Waals surface area (Å²) in [5.41, 5.74) is 5.37. The second-order valence-corrected chi connectivity index (χ2v) is 4.45. The Morgan fingerprint density at radius 2 is 1.41 bits per heavy atom. The molecule has 4 heteroatoms. The molecule has 0 aromatic carbocycles. The second-order valence-electron chi connectivity index (χ2n) is 4.45. The molecule has 0 heterocycles. The van der Waals surface area contributed by atoms with Gasteiger partial charge in [0, 0.05) is 13.1 Å². The second kappa shape index (κ2) is 13.3. The molecule has 0 bridgehead atoms. The average Bonchev–Trinajstić information content (AvgIpc) is 2.33. The van der Waals surface area contributed by atoms with E-state index in [0.29, 0.717) is 6.54 Å². The molecule has 17 heavy (non-hydrogen) atoms. The molecule has 102 valence electrons. The van der Waals surface area contributed by atoms with Crippen LogP contribution in [-0.2, 0) is 0 Å². The highest BCUT2D eigenvalue weighted by Gasteiger charge is 1.97. The van der Waals surface area contributed by atoms with E-state index in [1.165, 1.54) is 32.1 Å². The quantitative estimate of drug-likeness (QED) is 0.488. The normalized spacial score (nSPS) is 10.2. The van der Waals surface area contributed by atoms with Crippen LogP contribution in [0.1, 0.15) is 58.3 Å². The van der Waals surface area contributed by atoms with Crippen LogP contribution >= 0.6 is 0 Å². The molecule has 0 saturated heterocycles. The van der Waals surface area contributed by atoms with Gasteiger partial charge in [-0.1, -0.05) is 39.0 Å². The molecule has 4 N–H and O–H groups in total. The molecule has 0 rings (SSSR count). The number of carbonyl (C=O) groups is 1. The van der Waals surface area contributed by atoms with Crippen molar-refractivity contribution >= 4 is 6.03 Å². The van der Waals surface area contributed by atoms with E-state index in [0.717, 1.165) is 32.4 Å². The Labute approximate surface area is 106 Å². The predicted molar refractivity (Wildman–Crippen MR) is 73.1 cm³/mol. The summed E-state index contributed by atoms with van der Waals surface area (Å²) in [7, 11) is 0. The van der Waals surface area contributed by atoms with Gasteiger partial charge >= 0.3 is 6.03 Å². The lowest BCUT2D eigenvalue weighted by Crippen LogP contribution is -2.36. The number of hydrogen-bond donors (Lipinski definition) is 3. The van der Waals surface area contributed by atoms with Crippen molar-refractivity contribution in [2.75, 3.05) is 19.6 Å². The van der Waals surface area contributed by atoms with Crippen LogP contribution in [0.5, 0.6) is 0 Å². The number of hydrogen-bond acceptors (Lipinski definition) is 2. The third-order valence-electron chi connectivity index (χ3n) is 2.73. The van der Waals surface area contributed by atoms with Gasteiger partial charge < -0.3 is 16.4 Å². The van der Waals surface area contributed by atoms with Gasteiger partial charge in [0.15, 0.2) is 0 Å². The van der Waals surface area contributed by atoms with Crippen molar-refractivity contribution in [2.24, 2.45) is 5.73 Å². The van der Waals surface area contributed by atoms with E-state index >= 15 is 0 Å². The third-order valence-corrected chi connectivity index (χ3v) is 2.73. The monoisotopic (exact) mass is 243 g/mol. The summed E-state index contributed by atoms with van der Waals surface area (Å²) < 4.78 is 0. The summed E-state index contributed by atoms with van der Waals surface area (Å²) in [6, 6.07) is -0.0458. The fraction of sp³-hybridized carbons (Fsp3) is 0.923. The van der Waals surface area contributed by atoms with Crippen LogP contribution in [0.4, 0.5) is 4.79 Å². The van der Waals surface area contributed by atoms with Gasteiger partial charge in [-0.15, -0.1) is 0 Å². The van der Waals surface area contributed by atoms with Crippen LogP contribution in [0.3, 0.4) is 0 Å². The van der Waals surface area contributed by atoms with Crippen molar-refractivity contribution in [3.8, 4) is 0 Å². The highest BCUT2D eigenvalue weighted by Crippen LogP contribution is 2.03. The first kappa shape index (κ1) is 16.2. The highest BCUT2D eigenvalue weighted by atomic mass is 16.2. The Bertz CT molecular complexity index is 174. The molecule has 0 saturated carbocycles. The first-order valence-electron chi connectivity index (χ1n) is 7.03. The number of amides is 2. The lowest BCUT2D eigenvalue weighted by atomic mass is 10.1. The number of unbranched alkanes of at least 4 members (excludes halogenated alkanes) is 6. The Morgan fingerprint density at radius 3 is 2.00 bits per heavy atom. The first-order chi connectivity index (χ1) is 8.31. The van der Waals surface area contributed by atoms with Crippen LogP contribution in [-0.4, -0.2) is 25.7 Å². The SMILES string of the molecule is CCCCCCCCNC(=O)NCCCCN. The number of urea groups is 1. The van der Waals surface area contributed by atoms with Crippen molar-refractivity contribution in [1.29, 1.82) is 0 Å². The minimum Gasteiger partial charge on any atom is -0.338 e. The molecule has 0 radical (unpaired) electrons. The van der Waals surface area contributed by atoms with Gasteiger partial charge in [0.1, 0.15) is 0 Å². The number of nitrogens with one attached hydrogen (secondary N) is 2. The third kappa shape index (κ3) is 13.2. The number of carbonyl (C=O) groups excluding carboxylic acids is 1. The van der Waals surface area contributed by atoms with Gasteiger partial charge in [0.25, 0.3) is 0 Å². The minimum atomic E-state index is -0.0458. The van der Waals surface area contributed by atoms with E-state index in [4.69, 9.17) is 5.73 Å². The lowest BCUT2D eigenvalue weighted by Gasteiger charge is -2.07. The van der Waals surface area contributed by atoms with Gasteiger partial charge in [-0.25, -0.2) is 4.79 Å². The molecule has 4 nitrogen and oxygen atoms in total. The van der Waals surface area contributed by atoms with Crippen LogP contribution in [0.25, 0.3) is 0 Å². The smallest absolute Gasteiger partial charge is 0.314 e. The summed E-state index contributed by atoms with van der Waals surface area (Å²) in [4.78, 5) is 11.3. The van der Waals surface area contributed by atoms with Crippen LogP contribution in [0.15, 0.2) is 0 Å².